The first-order valence-corrected chi connectivity index (χ1v) is 5.10. The minimum Gasteiger partial charge on any atom is -0.298 e. The number of hydrogen-bond donors (Lipinski definition) is 1. The highest BCUT2D eigenvalue weighted by Crippen LogP contribution is 2.10. The zero-order valence-electron chi connectivity index (χ0n) is 9.08. The summed E-state index contributed by atoms with van der Waals surface area (Å²) in [6.07, 6.45) is 1.32. The smallest absolute Gasteiger partial charge is 0.243 e. The summed E-state index contributed by atoms with van der Waals surface area (Å²) in [5.74, 6) is -0.425. The largest absolute Gasteiger partial charge is 0.298 e. The van der Waals surface area contributed by atoms with Gasteiger partial charge >= 0.3 is 0 Å². The van der Waals surface area contributed by atoms with Crippen molar-refractivity contribution in [2.45, 2.75) is 32.2 Å². The number of piperidine rings is 1. The third-order valence-electron chi connectivity index (χ3n) is 2.56. The lowest BCUT2D eigenvalue weighted by Gasteiger charge is -2.28. The molecule has 0 bridgehead atoms. The molecule has 1 aliphatic rings. The molecule has 0 radical (unpaired) electrons. The number of likely N-dealkylation sites (N-methyl/N-ethyl adjacent to an activating group) is 1. The molecule has 0 spiro atoms. The Hall–Kier alpha value is -1.23. The second-order valence-electron chi connectivity index (χ2n) is 3.77. The highest BCUT2D eigenvalue weighted by molar-refractivity contribution is 6.00. The second-order valence-corrected chi connectivity index (χ2v) is 3.77. The number of imide groups is 1. The molecule has 0 aromatic rings. The van der Waals surface area contributed by atoms with Crippen molar-refractivity contribution >= 4 is 17.6 Å². The van der Waals surface area contributed by atoms with Crippen LogP contribution in [0.4, 0.5) is 0 Å². The Labute approximate surface area is 88.8 Å². The summed E-state index contributed by atoms with van der Waals surface area (Å²) < 4.78 is 0. The number of nitrogens with zero attached hydrogens (tertiary/aromatic N) is 1. The van der Waals surface area contributed by atoms with E-state index < -0.39 is 0 Å². The van der Waals surface area contributed by atoms with E-state index in [1.54, 1.807) is 18.9 Å². The molecule has 0 aliphatic carbocycles. The van der Waals surface area contributed by atoms with Crippen molar-refractivity contribution in [3.8, 4) is 0 Å². The van der Waals surface area contributed by atoms with Crippen LogP contribution in [0, 0.1) is 0 Å². The van der Waals surface area contributed by atoms with Crippen LogP contribution >= 0.6 is 0 Å². The zero-order valence-corrected chi connectivity index (χ0v) is 9.08. The molecule has 1 atom stereocenters. The fourth-order valence-electron chi connectivity index (χ4n) is 1.60. The molecule has 0 saturated carbocycles. The van der Waals surface area contributed by atoms with Gasteiger partial charge in [0.05, 0.1) is 12.6 Å². The fraction of sp³-hybridized carbons (Fsp3) is 0.700. The molecule has 2 amide bonds. The van der Waals surface area contributed by atoms with Crippen LogP contribution in [-0.2, 0) is 14.4 Å². The average Bonchev–Trinajstić information content (AvgIpc) is 2.17. The van der Waals surface area contributed by atoms with Crippen molar-refractivity contribution in [2.75, 3.05) is 13.6 Å². The summed E-state index contributed by atoms with van der Waals surface area (Å²) in [7, 11) is 1.73. The molecule has 1 heterocycles. The van der Waals surface area contributed by atoms with Gasteiger partial charge in [-0.3, -0.25) is 24.6 Å². The monoisotopic (exact) mass is 212 g/mol. The van der Waals surface area contributed by atoms with E-state index in [2.05, 4.69) is 5.32 Å². The van der Waals surface area contributed by atoms with E-state index >= 15 is 0 Å². The van der Waals surface area contributed by atoms with Crippen LogP contribution < -0.4 is 5.32 Å². The van der Waals surface area contributed by atoms with Crippen molar-refractivity contribution in [2.24, 2.45) is 0 Å². The predicted molar refractivity (Wildman–Crippen MR) is 54.1 cm³/mol. The molecule has 5 heteroatoms. The van der Waals surface area contributed by atoms with E-state index in [-0.39, 0.29) is 30.2 Å². The van der Waals surface area contributed by atoms with Gasteiger partial charge in [-0.15, -0.1) is 0 Å². The molecular weight excluding hydrogens is 196 g/mol. The molecular formula is C10H16N2O3. The number of nitrogens with one attached hydrogen (secondary N) is 1. The van der Waals surface area contributed by atoms with Gasteiger partial charge in [0.1, 0.15) is 5.78 Å². The highest BCUT2D eigenvalue weighted by Gasteiger charge is 2.30. The molecule has 1 rings (SSSR count). The number of carbonyl (C=O) groups excluding carboxylic acids is 3. The Morgan fingerprint density at radius 1 is 1.53 bits per heavy atom. The number of rotatable bonds is 4. The van der Waals surface area contributed by atoms with E-state index in [4.69, 9.17) is 0 Å². The van der Waals surface area contributed by atoms with Gasteiger partial charge < -0.3 is 0 Å². The first-order valence-electron chi connectivity index (χ1n) is 5.10. The Morgan fingerprint density at radius 2 is 2.20 bits per heavy atom. The van der Waals surface area contributed by atoms with E-state index in [0.717, 1.165) is 0 Å². The third-order valence-corrected chi connectivity index (χ3v) is 2.56. The molecule has 0 aromatic carbocycles. The van der Waals surface area contributed by atoms with Gasteiger partial charge in [0.25, 0.3) is 0 Å². The molecule has 1 aliphatic heterocycles. The van der Waals surface area contributed by atoms with Gasteiger partial charge in [0.2, 0.25) is 11.8 Å². The summed E-state index contributed by atoms with van der Waals surface area (Å²) in [6.45, 7) is 2.06. The summed E-state index contributed by atoms with van der Waals surface area (Å²) in [5, 5.41) is 2.27. The van der Waals surface area contributed by atoms with E-state index in [1.807, 2.05) is 0 Å². The third kappa shape index (κ3) is 3.13. The lowest BCUT2D eigenvalue weighted by atomic mass is 10.0. The minimum absolute atomic E-state index is 0.0993. The van der Waals surface area contributed by atoms with E-state index in [1.165, 1.54) is 0 Å². The first kappa shape index (κ1) is 11.8. The first-order chi connectivity index (χ1) is 7.04. The van der Waals surface area contributed by atoms with Crippen LogP contribution in [0.5, 0.6) is 0 Å². The van der Waals surface area contributed by atoms with Crippen LogP contribution in [-0.4, -0.2) is 42.1 Å². The number of carbonyl (C=O) groups is 3. The van der Waals surface area contributed by atoms with Gasteiger partial charge in [-0.2, -0.15) is 0 Å². The molecule has 15 heavy (non-hydrogen) atoms. The van der Waals surface area contributed by atoms with E-state index in [9.17, 15) is 14.4 Å². The van der Waals surface area contributed by atoms with Crippen molar-refractivity contribution in [3.05, 3.63) is 0 Å². The number of amides is 2. The Morgan fingerprint density at radius 3 is 2.73 bits per heavy atom. The minimum atomic E-state index is -0.349. The Balaban J connectivity index is 2.52. The maximum absolute atomic E-state index is 11.4. The number of Topliss-reactive ketones (excluding diaryl/α,β-unsaturated/α-hetero) is 1. The standard InChI is InChI=1S/C10H16N2O3/c1-3-7(13)6-12(2)8-4-5-9(14)11-10(8)15/h8H,3-6H2,1-2H3,(H,11,14,15). The molecule has 1 saturated heterocycles. The maximum atomic E-state index is 11.4. The Kier molecular flexibility index (Phi) is 3.96. The molecule has 1 N–H and O–H groups in total. The van der Waals surface area contributed by atoms with Crippen LogP contribution in [0.1, 0.15) is 26.2 Å². The van der Waals surface area contributed by atoms with Crippen LogP contribution in [0.25, 0.3) is 0 Å². The Bertz CT molecular complexity index is 288. The van der Waals surface area contributed by atoms with Crippen LogP contribution in [0.15, 0.2) is 0 Å². The van der Waals surface area contributed by atoms with Crippen molar-refractivity contribution in [3.63, 3.8) is 0 Å². The van der Waals surface area contributed by atoms with Gasteiger partial charge in [0.15, 0.2) is 0 Å². The fourth-order valence-corrected chi connectivity index (χ4v) is 1.60. The molecule has 1 fully saturated rings. The SMILES string of the molecule is CCC(=O)CN(C)C1CCC(=O)NC1=O. The van der Waals surface area contributed by atoms with Crippen LogP contribution in [0.2, 0.25) is 0 Å². The summed E-state index contributed by atoms with van der Waals surface area (Å²) in [4.78, 5) is 35.2. The van der Waals surface area contributed by atoms with Crippen molar-refractivity contribution < 1.29 is 14.4 Å². The number of ketones is 1. The normalized spacial score (nSPS) is 21.7. The second kappa shape index (κ2) is 5.02. The lowest BCUT2D eigenvalue weighted by Crippen LogP contribution is -2.52. The zero-order chi connectivity index (χ0) is 11.4. The van der Waals surface area contributed by atoms with Gasteiger partial charge in [-0.1, -0.05) is 6.92 Å². The molecule has 84 valence electrons. The molecule has 5 nitrogen and oxygen atoms in total. The van der Waals surface area contributed by atoms with Crippen LogP contribution in [0.3, 0.4) is 0 Å². The van der Waals surface area contributed by atoms with Crippen molar-refractivity contribution in [1.82, 2.24) is 10.2 Å². The number of hydrogen-bond acceptors (Lipinski definition) is 4. The summed E-state index contributed by atoms with van der Waals surface area (Å²) >= 11 is 0. The quantitative estimate of drug-likeness (QED) is 0.650. The maximum Gasteiger partial charge on any atom is 0.243 e. The van der Waals surface area contributed by atoms with Gasteiger partial charge in [-0.05, 0) is 13.5 Å². The topological polar surface area (TPSA) is 66.5 Å². The average molecular weight is 212 g/mol. The van der Waals surface area contributed by atoms with Crippen molar-refractivity contribution in [1.29, 1.82) is 0 Å². The van der Waals surface area contributed by atoms with Gasteiger partial charge in [0, 0.05) is 12.8 Å². The van der Waals surface area contributed by atoms with Gasteiger partial charge in [-0.25, -0.2) is 0 Å². The summed E-state index contributed by atoms with van der Waals surface area (Å²) in [6, 6.07) is -0.349. The molecule has 1 unspecified atom stereocenters. The summed E-state index contributed by atoms with van der Waals surface area (Å²) in [5.41, 5.74) is 0. The predicted octanol–water partition coefficient (Wildman–Crippen LogP) is -0.297. The highest BCUT2D eigenvalue weighted by atomic mass is 16.2. The van der Waals surface area contributed by atoms with E-state index in [0.29, 0.717) is 19.3 Å². The molecule has 0 aromatic heterocycles. The lowest BCUT2D eigenvalue weighted by molar-refractivity contribution is -0.137.